The fourth-order valence-corrected chi connectivity index (χ4v) is 10.3. The first-order valence-electron chi connectivity index (χ1n) is 21.9. The SMILES string of the molecule is CC1(C)c2ccccc2-c2ccc(-c3nc(-c4ccc5ccccc5c4)nc(-c4cc5oc6cccc(-c7ccc(-c8cccc9ccccc89)cc7)c6c5c5ccccc45)n3)cc21. The lowest BCUT2D eigenvalue weighted by Gasteiger charge is -2.21. The molecule has 300 valence electrons. The molecule has 0 atom stereocenters. The van der Waals surface area contributed by atoms with Crippen molar-refractivity contribution in [3.8, 4) is 67.5 Å². The van der Waals surface area contributed by atoms with Crippen molar-refractivity contribution in [3.05, 3.63) is 211 Å². The van der Waals surface area contributed by atoms with Gasteiger partial charge in [-0.3, -0.25) is 0 Å². The molecule has 2 heterocycles. The van der Waals surface area contributed by atoms with Crippen LogP contribution in [0.15, 0.2) is 205 Å². The van der Waals surface area contributed by atoms with Crippen LogP contribution >= 0.6 is 0 Å². The molecule has 0 aliphatic heterocycles. The van der Waals surface area contributed by atoms with Crippen molar-refractivity contribution in [2.24, 2.45) is 0 Å². The first kappa shape index (κ1) is 36.4. The summed E-state index contributed by atoms with van der Waals surface area (Å²) in [5, 5.41) is 9.09. The smallest absolute Gasteiger partial charge is 0.164 e. The highest BCUT2D eigenvalue weighted by Gasteiger charge is 2.35. The van der Waals surface area contributed by atoms with Crippen molar-refractivity contribution in [1.29, 1.82) is 0 Å². The summed E-state index contributed by atoms with van der Waals surface area (Å²) in [6.07, 6.45) is 0. The van der Waals surface area contributed by atoms with Gasteiger partial charge in [0.2, 0.25) is 0 Å². The van der Waals surface area contributed by atoms with E-state index in [1.807, 2.05) is 0 Å². The Morgan fingerprint density at radius 2 is 0.891 bits per heavy atom. The van der Waals surface area contributed by atoms with Gasteiger partial charge in [0, 0.05) is 32.9 Å². The summed E-state index contributed by atoms with van der Waals surface area (Å²) in [6, 6.07) is 71.4. The van der Waals surface area contributed by atoms with Gasteiger partial charge < -0.3 is 4.42 Å². The van der Waals surface area contributed by atoms with E-state index >= 15 is 0 Å². The largest absolute Gasteiger partial charge is 0.456 e. The van der Waals surface area contributed by atoms with Gasteiger partial charge in [-0.05, 0) is 101 Å². The average Bonchev–Trinajstić information content (AvgIpc) is 3.85. The van der Waals surface area contributed by atoms with Gasteiger partial charge in [0.1, 0.15) is 11.2 Å². The van der Waals surface area contributed by atoms with E-state index in [-0.39, 0.29) is 5.41 Å². The molecule has 0 radical (unpaired) electrons. The maximum Gasteiger partial charge on any atom is 0.164 e. The second-order valence-electron chi connectivity index (χ2n) is 17.5. The lowest BCUT2D eigenvalue weighted by Crippen LogP contribution is -2.15. The molecule has 0 spiro atoms. The van der Waals surface area contributed by atoms with Gasteiger partial charge in [0.25, 0.3) is 0 Å². The van der Waals surface area contributed by atoms with Gasteiger partial charge in [-0.1, -0.05) is 190 Å². The number of hydrogen-bond acceptors (Lipinski definition) is 4. The van der Waals surface area contributed by atoms with Crippen molar-refractivity contribution >= 4 is 54.3 Å². The van der Waals surface area contributed by atoms with Gasteiger partial charge in [-0.25, -0.2) is 15.0 Å². The Balaban J connectivity index is 0.993. The first-order valence-corrected chi connectivity index (χ1v) is 21.9. The number of rotatable bonds is 5. The number of aromatic nitrogens is 3. The Morgan fingerprint density at radius 3 is 1.72 bits per heavy atom. The van der Waals surface area contributed by atoms with Crippen molar-refractivity contribution in [3.63, 3.8) is 0 Å². The van der Waals surface area contributed by atoms with E-state index in [9.17, 15) is 0 Å². The molecule has 13 rings (SSSR count). The molecule has 0 bridgehead atoms. The van der Waals surface area contributed by atoms with Crippen LogP contribution < -0.4 is 0 Å². The molecule has 0 amide bonds. The summed E-state index contributed by atoms with van der Waals surface area (Å²) < 4.78 is 6.84. The molecule has 0 N–H and O–H groups in total. The highest BCUT2D eigenvalue weighted by atomic mass is 16.3. The van der Waals surface area contributed by atoms with Crippen molar-refractivity contribution < 1.29 is 4.42 Å². The maximum atomic E-state index is 6.84. The molecule has 0 saturated heterocycles. The van der Waals surface area contributed by atoms with Crippen LogP contribution in [0.2, 0.25) is 0 Å². The summed E-state index contributed by atoms with van der Waals surface area (Å²) in [5.41, 5.74) is 14.1. The molecule has 1 aliphatic carbocycles. The van der Waals surface area contributed by atoms with Gasteiger partial charge in [-0.15, -0.1) is 0 Å². The van der Waals surface area contributed by atoms with Crippen LogP contribution in [0, 0.1) is 0 Å². The third kappa shape index (κ3) is 5.59. The third-order valence-electron chi connectivity index (χ3n) is 13.5. The highest BCUT2D eigenvalue weighted by Crippen LogP contribution is 2.50. The van der Waals surface area contributed by atoms with E-state index in [1.165, 1.54) is 49.5 Å². The summed E-state index contributed by atoms with van der Waals surface area (Å²) in [4.78, 5) is 15.9. The molecular weight excluding hydrogens is 779 g/mol. The Morgan fingerprint density at radius 1 is 0.328 bits per heavy atom. The molecule has 0 saturated carbocycles. The normalized spacial score (nSPS) is 13.0. The van der Waals surface area contributed by atoms with Gasteiger partial charge >= 0.3 is 0 Å². The van der Waals surface area contributed by atoms with E-state index in [0.717, 1.165) is 65.9 Å². The number of fused-ring (bicyclic) bond motifs is 10. The lowest BCUT2D eigenvalue weighted by atomic mass is 9.82. The number of nitrogens with zero attached hydrogens (tertiary/aromatic N) is 3. The monoisotopic (exact) mass is 817 g/mol. The zero-order chi connectivity index (χ0) is 42.5. The predicted octanol–water partition coefficient (Wildman–Crippen LogP) is 15.9. The van der Waals surface area contributed by atoms with Crippen molar-refractivity contribution in [2.75, 3.05) is 0 Å². The van der Waals surface area contributed by atoms with Crippen LogP contribution in [-0.4, -0.2) is 15.0 Å². The fraction of sp³-hybridized carbons (Fsp3) is 0.0500. The van der Waals surface area contributed by atoms with Crippen molar-refractivity contribution in [2.45, 2.75) is 19.3 Å². The van der Waals surface area contributed by atoms with Crippen LogP contribution in [0.5, 0.6) is 0 Å². The van der Waals surface area contributed by atoms with Crippen LogP contribution in [0.3, 0.4) is 0 Å². The summed E-state index contributed by atoms with van der Waals surface area (Å²) in [7, 11) is 0. The van der Waals surface area contributed by atoms with Crippen LogP contribution in [0.25, 0.3) is 122 Å². The zero-order valence-electron chi connectivity index (χ0n) is 35.3. The molecule has 0 unspecified atom stereocenters. The van der Waals surface area contributed by atoms with E-state index in [2.05, 4.69) is 214 Å². The predicted molar refractivity (Wildman–Crippen MR) is 264 cm³/mol. The minimum atomic E-state index is -0.167. The topological polar surface area (TPSA) is 51.8 Å². The highest BCUT2D eigenvalue weighted by molar-refractivity contribution is 6.25. The molecule has 12 aromatic rings. The lowest BCUT2D eigenvalue weighted by molar-refractivity contribution is 0.660. The summed E-state index contributed by atoms with van der Waals surface area (Å²) in [6.45, 7) is 4.62. The quantitative estimate of drug-likeness (QED) is 0.174. The molecule has 1 aliphatic rings. The van der Waals surface area contributed by atoms with Gasteiger partial charge in [0.05, 0.1) is 0 Å². The third-order valence-corrected chi connectivity index (χ3v) is 13.5. The Kier molecular flexibility index (Phi) is 7.92. The van der Waals surface area contributed by atoms with Gasteiger partial charge in [-0.2, -0.15) is 0 Å². The Hall–Kier alpha value is -8.21. The molecule has 4 nitrogen and oxygen atoms in total. The first-order chi connectivity index (χ1) is 31.5. The molecular formula is C60H39N3O. The van der Waals surface area contributed by atoms with E-state index in [4.69, 9.17) is 19.4 Å². The average molecular weight is 818 g/mol. The van der Waals surface area contributed by atoms with E-state index in [0.29, 0.717) is 17.5 Å². The minimum absolute atomic E-state index is 0.167. The summed E-state index contributed by atoms with van der Waals surface area (Å²) in [5.74, 6) is 1.85. The number of benzene rings is 10. The minimum Gasteiger partial charge on any atom is -0.456 e. The van der Waals surface area contributed by atoms with Crippen LogP contribution in [0.4, 0.5) is 0 Å². The van der Waals surface area contributed by atoms with Crippen LogP contribution in [0.1, 0.15) is 25.0 Å². The van der Waals surface area contributed by atoms with Crippen LogP contribution in [-0.2, 0) is 5.41 Å². The molecule has 0 fully saturated rings. The maximum absolute atomic E-state index is 6.84. The Bertz CT molecular complexity index is 3870. The molecule has 4 heteroatoms. The summed E-state index contributed by atoms with van der Waals surface area (Å²) >= 11 is 0. The number of hydrogen-bond donors (Lipinski definition) is 0. The van der Waals surface area contributed by atoms with E-state index < -0.39 is 0 Å². The van der Waals surface area contributed by atoms with E-state index in [1.54, 1.807) is 0 Å². The number of furan rings is 1. The second kappa shape index (κ2) is 13.9. The molecule has 2 aromatic heterocycles. The zero-order valence-corrected chi connectivity index (χ0v) is 35.3. The Labute approximate surface area is 370 Å². The standard InChI is InChI=1S/C60H39N3O/c1-60(2)51-23-10-9-19-47(51)48-32-31-42(34-52(48)60)58-61-57(41-30-25-36-13-3-4-15-40(36)33-41)62-59(63-58)50-35-54-56(49-20-8-7-18-46(49)50)55-45(22-12-24-53(55)64-54)39-28-26-38(27-29-39)44-21-11-16-37-14-5-6-17-43(37)44/h3-35H,1-2H3. The fourth-order valence-electron chi connectivity index (χ4n) is 10.3. The second-order valence-corrected chi connectivity index (χ2v) is 17.5. The van der Waals surface area contributed by atoms with Crippen molar-refractivity contribution in [1.82, 2.24) is 15.0 Å². The molecule has 10 aromatic carbocycles. The van der Waals surface area contributed by atoms with Gasteiger partial charge in [0.15, 0.2) is 17.5 Å². The molecule has 64 heavy (non-hydrogen) atoms.